The molecule has 4 N–H and O–H groups in total. The third-order valence-electron chi connectivity index (χ3n) is 5.07. The van der Waals surface area contributed by atoms with E-state index in [0.29, 0.717) is 13.0 Å². The summed E-state index contributed by atoms with van der Waals surface area (Å²) in [5.74, 6) is 0.397. The molecule has 0 aliphatic rings. The van der Waals surface area contributed by atoms with Crippen molar-refractivity contribution in [1.82, 2.24) is 0 Å². The van der Waals surface area contributed by atoms with Crippen LogP contribution in [0.1, 0.15) is 17.5 Å². The first-order valence-corrected chi connectivity index (χ1v) is 10.7. The highest BCUT2D eigenvalue weighted by Crippen LogP contribution is 2.43. The van der Waals surface area contributed by atoms with Crippen molar-refractivity contribution in [2.45, 2.75) is 18.8 Å². The zero-order chi connectivity index (χ0) is 25.6. The minimum atomic E-state index is -4.58. The van der Waals surface area contributed by atoms with E-state index in [9.17, 15) is 26.3 Å². The van der Waals surface area contributed by atoms with Crippen LogP contribution < -0.4 is 20.9 Å². The molecule has 0 saturated carbocycles. The van der Waals surface area contributed by atoms with Crippen molar-refractivity contribution >= 4 is 0 Å². The van der Waals surface area contributed by atoms with E-state index in [-0.39, 0.29) is 53.5 Å². The Morgan fingerprint density at radius 3 is 1.51 bits per heavy atom. The van der Waals surface area contributed by atoms with Gasteiger partial charge in [-0.15, -0.1) is 0 Å². The Morgan fingerprint density at radius 2 is 1.09 bits per heavy atom. The fourth-order valence-corrected chi connectivity index (χ4v) is 3.41. The molecule has 0 fully saturated rings. The number of halogens is 6. The maximum atomic E-state index is 13.4. The second-order valence-electron chi connectivity index (χ2n) is 7.63. The zero-order valence-corrected chi connectivity index (χ0v) is 18.5. The van der Waals surface area contributed by atoms with Crippen molar-refractivity contribution < 1.29 is 35.8 Å². The first kappa shape index (κ1) is 26.4. The predicted molar refractivity (Wildman–Crippen MR) is 121 cm³/mol. The summed E-state index contributed by atoms with van der Waals surface area (Å²) >= 11 is 0. The van der Waals surface area contributed by atoms with Gasteiger partial charge < -0.3 is 20.9 Å². The molecule has 0 amide bonds. The fraction of sp³-hybridized carbons (Fsp3) is 0.280. The second kappa shape index (κ2) is 11.0. The smallest absolute Gasteiger partial charge is 0.416 e. The maximum absolute atomic E-state index is 13.4. The van der Waals surface area contributed by atoms with Gasteiger partial charge in [0.05, 0.1) is 17.7 Å². The molecular formula is C25H24F6N2O2. The summed E-state index contributed by atoms with van der Waals surface area (Å²) in [5.41, 5.74) is 10.2. The van der Waals surface area contributed by atoms with Crippen molar-refractivity contribution in [3.63, 3.8) is 0 Å². The van der Waals surface area contributed by atoms with Gasteiger partial charge in [0, 0.05) is 23.7 Å². The zero-order valence-electron chi connectivity index (χ0n) is 18.5. The van der Waals surface area contributed by atoms with Crippen molar-refractivity contribution in [1.29, 1.82) is 0 Å². The molecule has 0 radical (unpaired) electrons. The molecule has 3 rings (SSSR count). The molecule has 0 aliphatic carbocycles. The summed E-state index contributed by atoms with van der Waals surface area (Å²) in [6, 6.07) is 12.1. The summed E-state index contributed by atoms with van der Waals surface area (Å²) in [6.07, 6.45) is -8.68. The Balaban J connectivity index is 2.23. The molecule has 4 nitrogen and oxygen atoms in total. The Kier molecular flexibility index (Phi) is 8.29. The Bertz CT molecular complexity index is 1150. The lowest BCUT2D eigenvalue weighted by Gasteiger charge is -2.19. The van der Waals surface area contributed by atoms with Crippen molar-refractivity contribution in [2.24, 2.45) is 11.5 Å². The molecule has 0 spiro atoms. The minimum Gasteiger partial charge on any atom is -0.493 e. The molecule has 0 saturated heterocycles. The quantitative estimate of drug-likeness (QED) is 0.275. The molecule has 3 aromatic rings. The van der Waals surface area contributed by atoms with E-state index in [1.54, 1.807) is 0 Å². The molecule has 0 bridgehead atoms. The summed E-state index contributed by atoms with van der Waals surface area (Å²) in [7, 11) is 0. The highest BCUT2D eigenvalue weighted by molar-refractivity contribution is 5.82. The molecule has 0 heterocycles. The van der Waals surface area contributed by atoms with Gasteiger partial charge in [-0.25, -0.2) is 0 Å². The number of alkyl halides is 6. The average molecular weight is 498 g/mol. The summed E-state index contributed by atoms with van der Waals surface area (Å²) in [6.45, 7) is 0.720. The fourth-order valence-electron chi connectivity index (χ4n) is 3.41. The van der Waals surface area contributed by atoms with Gasteiger partial charge in [0.25, 0.3) is 0 Å². The lowest BCUT2D eigenvalue weighted by molar-refractivity contribution is -0.138. The molecule has 0 aliphatic heterocycles. The number of benzene rings is 3. The number of hydrogen-bond acceptors (Lipinski definition) is 4. The van der Waals surface area contributed by atoms with Gasteiger partial charge in [-0.3, -0.25) is 0 Å². The van der Waals surface area contributed by atoms with E-state index < -0.39 is 23.5 Å². The normalized spacial score (nSPS) is 12.0. The second-order valence-corrected chi connectivity index (χ2v) is 7.63. The van der Waals surface area contributed by atoms with Crippen LogP contribution in [0.3, 0.4) is 0 Å². The van der Waals surface area contributed by atoms with Crippen LogP contribution in [0.2, 0.25) is 0 Å². The predicted octanol–water partition coefficient (Wildman–Crippen LogP) is 6.12. The highest BCUT2D eigenvalue weighted by Gasteiger charge is 2.32. The Labute approximate surface area is 198 Å². The number of hydrogen-bond donors (Lipinski definition) is 2. The molecule has 35 heavy (non-hydrogen) atoms. The number of ether oxygens (including phenoxy) is 2. The minimum absolute atomic E-state index is 0.0666. The van der Waals surface area contributed by atoms with Gasteiger partial charge in [0.15, 0.2) is 0 Å². The molecule has 0 aromatic heterocycles. The van der Waals surface area contributed by atoms with Gasteiger partial charge in [0.2, 0.25) is 0 Å². The van der Waals surface area contributed by atoms with Crippen LogP contribution in [0.4, 0.5) is 26.3 Å². The molecule has 0 unspecified atom stereocenters. The average Bonchev–Trinajstić information content (AvgIpc) is 2.82. The number of rotatable bonds is 9. The van der Waals surface area contributed by atoms with E-state index >= 15 is 0 Å². The standard InChI is InChI=1S/C25H24F6N2O2/c26-24(27,28)18-6-1-4-16(12-18)20-14-21(17-5-2-7-19(13-17)25(29,30)31)23(35-11-9-33)15-22(20)34-10-3-8-32/h1-2,4-7,12-15H,3,8-11,32-33H2. The van der Waals surface area contributed by atoms with E-state index in [1.807, 2.05) is 0 Å². The molecular weight excluding hydrogens is 474 g/mol. The number of nitrogens with two attached hydrogens (primary N) is 2. The van der Waals surface area contributed by atoms with E-state index in [4.69, 9.17) is 20.9 Å². The van der Waals surface area contributed by atoms with Gasteiger partial charge >= 0.3 is 12.4 Å². The van der Waals surface area contributed by atoms with Crippen molar-refractivity contribution in [3.8, 4) is 33.8 Å². The summed E-state index contributed by atoms with van der Waals surface area (Å²) in [4.78, 5) is 0. The molecule has 3 aromatic carbocycles. The van der Waals surface area contributed by atoms with Crippen LogP contribution >= 0.6 is 0 Å². The highest BCUT2D eigenvalue weighted by atomic mass is 19.4. The maximum Gasteiger partial charge on any atom is 0.416 e. The van der Waals surface area contributed by atoms with Crippen LogP contribution in [-0.4, -0.2) is 26.3 Å². The van der Waals surface area contributed by atoms with Gasteiger partial charge in [-0.1, -0.05) is 24.3 Å². The Morgan fingerprint density at radius 1 is 0.600 bits per heavy atom. The van der Waals surface area contributed by atoms with Gasteiger partial charge in [-0.05, 0) is 54.4 Å². The van der Waals surface area contributed by atoms with Crippen LogP contribution in [0, 0.1) is 0 Å². The van der Waals surface area contributed by atoms with E-state index in [2.05, 4.69) is 0 Å². The summed E-state index contributed by atoms with van der Waals surface area (Å²) in [5, 5.41) is 0. The van der Waals surface area contributed by atoms with Crippen LogP contribution in [0.25, 0.3) is 22.3 Å². The first-order chi connectivity index (χ1) is 16.5. The SMILES string of the molecule is NCCCOc1cc(OCCN)c(-c2cccc(C(F)(F)F)c2)cc1-c1cccc(C(F)(F)F)c1. The molecule has 10 heteroatoms. The van der Waals surface area contributed by atoms with Gasteiger partial charge in [0.1, 0.15) is 18.1 Å². The van der Waals surface area contributed by atoms with E-state index in [1.165, 1.54) is 36.4 Å². The lowest BCUT2D eigenvalue weighted by atomic mass is 9.95. The largest absolute Gasteiger partial charge is 0.493 e. The topological polar surface area (TPSA) is 70.5 Å². The van der Waals surface area contributed by atoms with Crippen molar-refractivity contribution in [2.75, 3.05) is 26.3 Å². The van der Waals surface area contributed by atoms with Crippen LogP contribution in [0.15, 0.2) is 60.7 Å². The first-order valence-electron chi connectivity index (χ1n) is 10.7. The molecule has 0 atom stereocenters. The third-order valence-corrected chi connectivity index (χ3v) is 5.07. The van der Waals surface area contributed by atoms with E-state index in [0.717, 1.165) is 24.3 Å². The van der Waals surface area contributed by atoms with Crippen LogP contribution in [0.5, 0.6) is 11.5 Å². The van der Waals surface area contributed by atoms with Gasteiger partial charge in [-0.2, -0.15) is 26.3 Å². The monoisotopic (exact) mass is 498 g/mol. The van der Waals surface area contributed by atoms with Crippen molar-refractivity contribution in [3.05, 3.63) is 71.8 Å². The van der Waals surface area contributed by atoms with Crippen LogP contribution in [-0.2, 0) is 12.4 Å². The molecule has 188 valence electrons. The third kappa shape index (κ3) is 6.67. The Hall–Kier alpha value is -3.24. The summed E-state index contributed by atoms with van der Waals surface area (Å²) < 4.78 is 91.6. The lowest BCUT2D eigenvalue weighted by Crippen LogP contribution is -2.12.